The fraction of sp³-hybridized carbons (Fsp3) is 0.273. The fourth-order valence-electron chi connectivity index (χ4n) is 2.15. The molecule has 0 aliphatic heterocycles. The molecule has 0 saturated heterocycles. The lowest BCUT2D eigenvalue weighted by Gasteiger charge is -2.53. The van der Waals surface area contributed by atoms with Crippen LogP contribution in [0, 0.1) is 0 Å². The Balaban J connectivity index is 2.56. The highest BCUT2D eigenvalue weighted by Crippen LogP contribution is 2.44. The van der Waals surface area contributed by atoms with Crippen LogP contribution in [0.4, 0.5) is 0 Å². The molecule has 1 aromatic carbocycles. The molecular weight excluding hydrogens is 216 g/mol. The third kappa shape index (κ3) is 1.33. The average Bonchev–Trinajstić information content (AvgIpc) is 2.35. The number of hydrazine groups is 1. The number of fused-ring (bicyclic) bond motifs is 1. The SMILES string of the molecule is C/C=C(\N)c1ccc2c(c1)C(N)(NN)C2(N)N. The quantitative estimate of drug-likeness (QED) is 0.212. The number of allylic oxidation sites excluding steroid dienone is 1. The maximum atomic E-state index is 6.06. The van der Waals surface area contributed by atoms with E-state index in [0.717, 1.165) is 16.7 Å². The van der Waals surface area contributed by atoms with Crippen molar-refractivity contribution in [3.63, 3.8) is 0 Å². The number of nitrogens with two attached hydrogens (primary N) is 5. The number of hydrogen-bond acceptors (Lipinski definition) is 6. The highest BCUT2D eigenvalue weighted by atomic mass is 15.4. The van der Waals surface area contributed by atoms with Crippen molar-refractivity contribution in [1.82, 2.24) is 5.43 Å². The Morgan fingerprint density at radius 3 is 2.41 bits per heavy atom. The van der Waals surface area contributed by atoms with Gasteiger partial charge < -0.3 is 22.9 Å². The van der Waals surface area contributed by atoms with Crippen molar-refractivity contribution in [1.29, 1.82) is 0 Å². The van der Waals surface area contributed by atoms with Crippen molar-refractivity contribution in [2.75, 3.05) is 0 Å². The van der Waals surface area contributed by atoms with E-state index >= 15 is 0 Å². The molecule has 1 atom stereocenters. The molecule has 0 aromatic heterocycles. The molecule has 2 rings (SSSR count). The van der Waals surface area contributed by atoms with Gasteiger partial charge in [-0.05, 0) is 29.7 Å². The molecule has 0 radical (unpaired) electrons. The summed E-state index contributed by atoms with van der Waals surface area (Å²) in [5.41, 5.74) is 27.0. The maximum Gasteiger partial charge on any atom is 0.141 e. The summed E-state index contributed by atoms with van der Waals surface area (Å²) in [5.74, 6) is 5.44. The average molecular weight is 234 g/mol. The molecule has 1 aliphatic carbocycles. The van der Waals surface area contributed by atoms with Crippen molar-refractivity contribution in [2.24, 2.45) is 28.8 Å². The zero-order valence-electron chi connectivity index (χ0n) is 9.70. The lowest BCUT2D eigenvalue weighted by Crippen LogP contribution is -2.80. The molecule has 1 unspecified atom stereocenters. The van der Waals surface area contributed by atoms with Crippen LogP contribution in [0.15, 0.2) is 24.3 Å². The lowest BCUT2D eigenvalue weighted by molar-refractivity contribution is 0.128. The van der Waals surface area contributed by atoms with Crippen molar-refractivity contribution < 1.29 is 0 Å². The first-order valence-corrected chi connectivity index (χ1v) is 5.30. The van der Waals surface area contributed by atoms with Crippen molar-refractivity contribution in [3.8, 4) is 0 Å². The zero-order valence-corrected chi connectivity index (χ0v) is 9.70. The summed E-state index contributed by atoms with van der Waals surface area (Å²) in [5, 5.41) is 0. The smallest absolute Gasteiger partial charge is 0.141 e. The predicted molar refractivity (Wildman–Crippen MR) is 67.5 cm³/mol. The minimum Gasteiger partial charge on any atom is -0.399 e. The van der Waals surface area contributed by atoms with Crippen molar-refractivity contribution in [2.45, 2.75) is 18.2 Å². The van der Waals surface area contributed by atoms with Crippen LogP contribution >= 0.6 is 0 Å². The van der Waals surface area contributed by atoms with Gasteiger partial charge in [-0.25, -0.2) is 5.43 Å². The molecule has 17 heavy (non-hydrogen) atoms. The summed E-state index contributed by atoms with van der Waals surface area (Å²) < 4.78 is 0. The normalized spacial score (nSPS) is 26.3. The molecule has 0 fully saturated rings. The predicted octanol–water partition coefficient (Wildman–Crippen LogP) is -1.34. The summed E-state index contributed by atoms with van der Waals surface area (Å²) in [6, 6.07) is 5.53. The van der Waals surface area contributed by atoms with Gasteiger partial charge in [0.1, 0.15) is 11.3 Å². The van der Waals surface area contributed by atoms with Crippen LogP contribution < -0.4 is 34.2 Å². The fourth-order valence-corrected chi connectivity index (χ4v) is 2.15. The van der Waals surface area contributed by atoms with Crippen molar-refractivity contribution in [3.05, 3.63) is 41.0 Å². The molecule has 1 aromatic rings. The van der Waals surface area contributed by atoms with Crippen LogP contribution in [0.2, 0.25) is 0 Å². The molecular formula is C11H18N6. The maximum absolute atomic E-state index is 6.06. The Bertz CT molecular complexity index is 493. The highest BCUT2D eigenvalue weighted by molar-refractivity contribution is 5.66. The van der Waals surface area contributed by atoms with Gasteiger partial charge in [-0.3, -0.25) is 5.84 Å². The Hall–Kier alpha value is -1.44. The lowest BCUT2D eigenvalue weighted by atomic mass is 9.67. The van der Waals surface area contributed by atoms with Crippen LogP contribution in [0.3, 0.4) is 0 Å². The minimum absolute atomic E-state index is 0.665. The van der Waals surface area contributed by atoms with Gasteiger partial charge in [-0.1, -0.05) is 18.2 Å². The largest absolute Gasteiger partial charge is 0.399 e. The summed E-state index contributed by atoms with van der Waals surface area (Å²) in [6.07, 6.45) is 1.81. The first kappa shape index (κ1) is 12.0. The monoisotopic (exact) mass is 234 g/mol. The van der Waals surface area contributed by atoms with Gasteiger partial charge >= 0.3 is 0 Å². The Kier molecular flexibility index (Phi) is 2.49. The molecule has 6 heteroatoms. The van der Waals surface area contributed by atoms with Gasteiger partial charge in [0, 0.05) is 5.70 Å². The molecule has 0 bridgehead atoms. The topological polar surface area (TPSA) is 142 Å². The molecule has 0 heterocycles. The third-order valence-electron chi connectivity index (χ3n) is 3.41. The molecule has 6 nitrogen and oxygen atoms in total. The standard InChI is InChI=1S/C11H18N6/c1-2-9(12)6-3-4-7-8(5-6)11(15,17-16)10(7,13)14/h2-5,17H,12-16H2,1H3/b9-2-. The van der Waals surface area contributed by atoms with E-state index in [1.807, 2.05) is 31.2 Å². The highest BCUT2D eigenvalue weighted by Gasteiger charge is 2.57. The first-order chi connectivity index (χ1) is 7.88. The summed E-state index contributed by atoms with van der Waals surface area (Å²) in [6.45, 7) is 1.86. The van der Waals surface area contributed by atoms with E-state index in [9.17, 15) is 0 Å². The second-order valence-corrected chi connectivity index (χ2v) is 4.33. The Labute approximate surface area is 99.8 Å². The second-order valence-electron chi connectivity index (χ2n) is 4.33. The first-order valence-electron chi connectivity index (χ1n) is 5.30. The summed E-state index contributed by atoms with van der Waals surface area (Å²) >= 11 is 0. The molecule has 0 saturated carbocycles. The summed E-state index contributed by atoms with van der Waals surface area (Å²) in [4.78, 5) is 0. The number of hydrogen-bond donors (Lipinski definition) is 6. The third-order valence-corrected chi connectivity index (χ3v) is 3.41. The summed E-state index contributed by atoms with van der Waals surface area (Å²) in [7, 11) is 0. The van der Waals surface area contributed by atoms with E-state index in [1.165, 1.54) is 0 Å². The van der Waals surface area contributed by atoms with E-state index in [-0.39, 0.29) is 0 Å². The second kappa shape index (κ2) is 3.52. The molecule has 11 N–H and O–H groups in total. The van der Waals surface area contributed by atoms with Crippen LogP contribution in [-0.4, -0.2) is 0 Å². The van der Waals surface area contributed by atoms with Gasteiger partial charge in [0.15, 0.2) is 0 Å². The molecule has 92 valence electrons. The van der Waals surface area contributed by atoms with E-state index in [2.05, 4.69) is 5.43 Å². The van der Waals surface area contributed by atoms with Gasteiger partial charge in [-0.15, -0.1) is 0 Å². The van der Waals surface area contributed by atoms with Crippen molar-refractivity contribution >= 4 is 5.70 Å². The molecule has 0 spiro atoms. The zero-order chi connectivity index (χ0) is 12.8. The molecule has 0 amide bonds. The van der Waals surface area contributed by atoms with Gasteiger partial charge in [0.2, 0.25) is 0 Å². The Morgan fingerprint density at radius 1 is 1.24 bits per heavy atom. The number of benzene rings is 1. The van der Waals surface area contributed by atoms with E-state index < -0.39 is 11.3 Å². The Morgan fingerprint density at radius 2 is 1.88 bits per heavy atom. The van der Waals surface area contributed by atoms with Crippen LogP contribution in [-0.2, 0) is 11.3 Å². The van der Waals surface area contributed by atoms with E-state index in [1.54, 1.807) is 0 Å². The van der Waals surface area contributed by atoms with Crippen LogP contribution in [0.25, 0.3) is 5.70 Å². The van der Waals surface area contributed by atoms with Crippen LogP contribution in [0.5, 0.6) is 0 Å². The minimum atomic E-state index is -1.18. The number of rotatable bonds is 2. The van der Waals surface area contributed by atoms with Gasteiger partial charge in [0.25, 0.3) is 0 Å². The van der Waals surface area contributed by atoms with Gasteiger partial charge in [-0.2, -0.15) is 0 Å². The number of nitrogens with one attached hydrogen (secondary N) is 1. The molecule has 1 aliphatic rings. The van der Waals surface area contributed by atoms with E-state index in [0.29, 0.717) is 5.70 Å². The van der Waals surface area contributed by atoms with Crippen LogP contribution in [0.1, 0.15) is 23.6 Å². The van der Waals surface area contributed by atoms with E-state index in [4.69, 9.17) is 28.8 Å². The van der Waals surface area contributed by atoms with Gasteiger partial charge in [0.05, 0.1) is 0 Å².